The van der Waals surface area contributed by atoms with Crippen LogP contribution >= 0.6 is 0 Å². The van der Waals surface area contributed by atoms with E-state index in [4.69, 9.17) is 0 Å². The fourth-order valence-electron chi connectivity index (χ4n) is 1.47. The van der Waals surface area contributed by atoms with Crippen LogP contribution in [-0.4, -0.2) is 25.5 Å². The van der Waals surface area contributed by atoms with Crippen LogP contribution in [0.3, 0.4) is 0 Å². The predicted octanol–water partition coefficient (Wildman–Crippen LogP) is 0.712. The fraction of sp³-hybridized carbons (Fsp3) is 0.800. The van der Waals surface area contributed by atoms with Gasteiger partial charge in [0, 0.05) is 13.0 Å². The molecule has 1 aliphatic carbocycles. The minimum Gasteiger partial charge on any atom is -0.469 e. The summed E-state index contributed by atoms with van der Waals surface area (Å²) in [5, 5.41) is 2.81. The van der Waals surface area contributed by atoms with Crippen molar-refractivity contribution in [1.82, 2.24) is 5.32 Å². The van der Waals surface area contributed by atoms with Gasteiger partial charge >= 0.3 is 5.97 Å². The van der Waals surface area contributed by atoms with Crippen molar-refractivity contribution in [1.29, 1.82) is 0 Å². The van der Waals surface area contributed by atoms with Crippen molar-refractivity contribution in [3.8, 4) is 0 Å². The molecule has 1 N–H and O–H groups in total. The molecule has 0 aromatic rings. The van der Waals surface area contributed by atoms with Crippen molar-refractivity contribution in [2.45, 2.75) is 26.2 Å². The molecule has 2 unspecified atom stereocenters. The van der Waals surface area contributed by atoms with Gasteiger partial charge in [0.25, 0.3) is 0 Å². The molecule has 1 rings (SSSR count). The van der Waals surface area contributed by atoms with Gasteiger partial charge < -0.3 is 10.1 Å². The largest absolute Gasteiger partial charge is 0.469 e. The van der Waals surface area contributed by atoms with Crippen LogP contribution in [0.2, 0.25) is 0 Å². The van der Waals surface area contributed by atoms with Gasteiger partial charge in [0.2, 0.25) is 5.91 Å². The maximum absolute atomic E-state index is 11.1. The first kappa shape index (κ1) is 11.0. The van der Waals surface area contributed by atoms with E-state index in [0.717, 1.165) is 12.8 Å². The summed E-state index contributed by atoms with van der Waals surface area (Å²) in [6, 6.07) is 0. The summed E-state index contributed by atoms with van der Waals surface area (Å²) in [6.07, 6.45) is 2.27. The summed E-state index contributed by atoms with van der Waals surface area (Å²) >= 11 is 0. The molecule has 2 atom stereocenters. The van der Waals surface area contributed by atoms with Gasteiger partial charge in [0.1, 0.15) is 0 Å². The second kappa shape index (κ2) is 4.98. The Labute approximate surface area is 84.0 Å². The van der Waals surface area contributed by atoms with Crippen LogP contribution in [-0.2, 0) is 14.3 Å². The van der Waals surface area contributed by atoms with E-state index >= 15 is 0 Å². The standard InChI is InChI=1S/C10H17NO3/c1-3-4-9(12)11-6-7-5-8(7)10(13)14-2/h7-8H,3-6H2,1-2H3,(H,11,12). The Balaban J connectivity index is 2.11. The number of carbonyl (C=O) groups is 2. The molecule has 80 valence electrons. The first-order valence-corrected chi connectivity index (χ1v) is 5.03. The van der Waals surface area contributed by atoms with Gasteiger partial charge in [-0.1, -0.05) is 6.92 Å². The number of hydrogen-bond donors (Lipinski definition) is 1. The first-order valence-electron chi connectivity index (χ1n) is 5.03. The number of esters is 1. The monoisotopic (exact) mass is 199 g/mol. The van der Waals surface area contributed by atoms with Gasteiger partial charge in [0.05, 0.1) is 13.0 Å². The highest BCUT2D eigenvalue weighted by Crippen LogP contribution is 2.38. The third kappa shape index (κ3) is 3.01. The lowest BCUT2D eigenvalue weighted by molar-refractivity contribution is -0.142. The highest BCUT2D eigenvalue weighted by Gasteiger charge is 2.43. The number of hydrogen-bond acceptors (Lipinski definition) is 3. The number of carbonyl (C=O) groups excluding carboxylic acids is 2. The van der Waals surface area contributed by atoms with E-state index in [1.54, 1.807) is 0 Å². The number of methoxy groups -OCH3 is 1. The molecule has 4 nitrogen and oxygen atoms in total. The Kier molecular flexibility index (Phi) is 3.92. The first-order chi connectivity index (χ1) is 6.69. The van der Waals surface area contributed by atoms with Gasteiger partial charge in [-0.05, 0) is 18.8 Å². The summed E-state index contributed by atoms with van der Waals surface area (Å²) in [5.41, 5.74) is 0. The lowest BCUT2D eigenvalue weighted by atomic mass is 10.3. The molecule has 1 saturated carbocycles. The molecular weight excluding hydrogens is 182 g/mol. The van der Waals surface area contributed by atoms with E-state index < -0.39 is 0 Å². The van der Waals surface area contributed by atoms with Crippen LogP contribution in [0.4, 0.5) is 0 Å². The second-order valence-corrected chi connectivity index (χ2v) is 3.68. The molecule has 0 aromatic heterocycles. The van der Waals surface area contributed by atoms with Crippen molar-refractivity contribution in [3.63, 3.8) is 0 Å². The smallest absolute Gasteiger partial charge is 0.309 e. The molecule has 0 spiro atoms. The van der Waals surface area contributed by atoms with E-state index in [-0.39, 0.29) is 17.8 Å². The molecule has 1 aliphatic rings. The van der Waals surface area contributed by atoms with Gasteiger partial charge in [-0.25, -0.2) is 0 Å². The van der Waals surface area contributed by atoms with Crippen LogP contribution in [0.1, 0.15) is 26.2 Å². The third-order valence-electron chi connectivity index (χ3n) is 2.47. The Morgan fingerprint density at radius 3 is 2.79 bits per heavy atom. The average molecular weight is 199 g/mol. The highest BCUT2D eigenvalue weighted by molar-refractivity contribution is 5.77. The Hall–Kier alpha value is -1.06. The predicted molar refractivity (Wildman–Crippen MR) is 51.5 cm³/mol. The minimum absolute atomic E-state index is 0.0157. The summed E-state index contributed by atoms with van der Waals surface area (Å²) in [6.45, 7) is 2.58. The van der Waals surface area contributed by atoms with Gasteiger partial charge in [0.15, 0.2) is 0 Å². The summed E-state index contributed by atoms with van der Waals surface area (Å²) < 4.78 is 4.61. The lowest BCUT2D eigenvalue weighted by Gasteiger charge is -2.02. The molecule has 0 aliphatic heterocycles. The van der Waals surface area contributed by atoms with Crippen LogP contribution in [0.15, 0.2) is 0 Å². The molecular formula is C10H17NO3. The number of nitrogens with one attached hydrogen (secondary N) is 1. The van der Waals surface area contributed by atoms with Crippen LogP contribution < -0.4 is 5.32 Å². The van der Waals surface area contributed by atoms with Gasteiger partial charge in [-0.15, -0.1) is 0 Å². The van der Waals surface area contributed by atoms with Crippen molar-refractivity contribution >= 4 is 11.9 Å². The van der Waals surface area contributed by atoms with Crippen molar-refractivity contribution < 1.29 is 14.3 Å². The minimum atomic E-state index is -0.153. The molecule has 0 heterocycles. The van der Waals surface area contributed by atoms with Gasteiger partial charge in [-0.2, -0.15) is 0 Å². The Bertz CT molecular complexity index is 227. The molecule has 0 aromatic carbocycles. The summed E-state index contributed by atoms with van der Waals surface area (Å²) in [7, 11) is 1.40. The molecule has 0 bridgehead atoms. The van der Waals surface area contributed by atoms with Gasteiger partial charge in [-0.3, -0.25) is 9.59 Å². The Morgan fingerprint density at radius 2 is 2.21 bits per heavy atom. The Morgan fingerprint density at radius 1 is 1.50 bits per heavy atom. The SMILES string of the molecule is CCCC(=O)NCC1CC1C(=O)OC. The molecule has 1 fully saturated rings. The molecule has 0 saturated heterocycles. The second-order valence-electron chi connectivity index (χ2n) is 3.68. The fourth-order valence-corrected chi connectivity index (χ4v) is 1.47. The van der Waals surface area contributed by atoms with E-state index in [2.05, 4.69) is 10.1 Å². The van der Waals surface area contributed by atoms with Crippen molar-refractivity contribution in [2.75, 3.05) is 13.7 Å². The average Bonchev–Trinajstić information content (AvgIpc) is 2.93. The summed E-state index contributed by atoms with van der Waals surface area (Å²) in [5.74, 6) is 0.230. The molecule has 0 radical (unpaired) electrons. The highest BCUT2D eigenvalue weighted by atomic mass is 16.5. The zero-order valence-electron chi connectivity index (χ0n) is 8.71. The van der Waals surface area contributed by atoms with Crippen molar-refractivity contribution in [2.24, 2.45) is 11.8 Å². The topological polar surface area (TPSA) is 55.4 Å². The lowest BCUT2D eigenvalue weighted by Crippen LogP contribution is -2.26. The number of amides is 1. The molecule has 4 heteroatoms. The zero-order valence-corrected chi connectivity index (χ0v) is 8.71. The van der Waals surface area contributed by atoms with E-state index in [0.29, 0.717) is 18.9 Å². The number of rotatable bonds is 5. The normalized spacial score (nSPS) is 24.1. The van der Waals surface area contributed by atoms with Crippen LogP contribution in [0.5, 0.6) is 0 Å². The third-order valence-corrected chi connectivity index (χ3v) is 2.47. The van der Waals surface area contributed by atoms with Crippen LogP contribution in [0, 0.1) is 11.8 Å². The zero-order chi connectivity index (χ0) is 10.6. The van der Waals surface area contributed by atoms with E-state index in [9.17, 15) is 9.59 Å². The van der Waals surface area contributed by atoms with E-state index in [1.807, 2.05) is 6.92 Å². The maximum atomic E-state index is 11.1. The van der Waals surface area contributed by atoms with Crippen LogP contribution in [0.25, 0.3) is 0 Å². The molecule has 1 amide bonds. The van der Waals surface area contributed by atoms with Crippen molar-refractivity contribution in [3.05, 3.63) is 0 Å². The maximum Gasteiger partial charge on any atom is 0.309 e. The number of ether oxygens (including phenoxy) is 1. The summed E-state index contributed by atoms with van der Waals surface area (Å²) in [4.78, 5) is 22.1. The van der Waals surface area contributed by atoms with E-state index in [1.165, 1.54) is 7.11 Å². The quantitative estimate of drug-likeness (QED) is 0.663. The molecule has 14 heavy (non-hydrogen) atoms.